The zero-order chi connectivity index (χ0) is 7.72. The van der Waals surface area contributed by atoms with Gasteiger partial charge in [0.25, 0.3) is 0 Å². The molecule has 0 atom stereocenters. The number of aromatic hydroxyl groups is 1. The van der Waals surface area contributed by atoms with Gasteiger partial charge in [0.15, 0.2) is 0 Å². The Balaban J connectivity index is 3.28. The van der Waals surface area contributed by atoms with Crippen LogP contribution >= 0.6 is 11.6 Å². The zero-order valence-corrected chi connectivity index (χ0v) is 6.74. The second-order valence-corrected chi connectivity index (χ2v) is 2.80. The largest absolute Gasteiger partial charge is 0.508 e. The first kappa shape index (κ1) is 7.42. The quantitative estimate of drug-likeness (QED) is 0.613. The van der Waals surface area contributed by atoms with Gasteiger partial charge in [-0.3, -0.25) is 0 Å². The molecular formula is C8H9ClO. The molecule has 0 unspecified atom stereocenters. The van der Waals surface area contributed by atoms with Crippen LogP contribution in [0.25, 0.3) is 0 Å². The number of hydrogen-bond acceptors (Lipinski definition) is 1. The van der Waals surface area contributed by atoms with Crippen molar-refractivity contribution in [2.24, 2.45) is 0 Å². The van der Waals surface area contributed by atoms with Crippen molar-refractivity contribution in [3.63, 3.8) is 0 Å². The second-order valence-electron chi connectivity index (χ2n) is 2.39. The van der Waals surface area contributed by atoms with Crippen LogP contribution < -0.4 is 0 Å². The zero-order valence-electron chi connectivity index (χ0n) is 5.98. The van der Waals surface area contributed by atoms with Gasteiger partial charge in [0.2, 0.25) is 0 Å². The third-order valence-electron chi connectivity index (χ3n) is 1.48. The van der Waals surface area contributed by atoms with Gasteiger partial charge < -0.3 is 5.11 Å². The van der Waals surface area contributed by atoms with Crippen molar-refractivity contribution < 1.29 is 5.11 Å². The number of rotatable bonds is 0. The van der Waals surface area contributed by atoms with Gasteiger partial charge in [0.1, 0.15) is 5.75 Å². The fourth-order valence-electron chi connectivity index (χ4n) is 0.766. The smallest absolute Gasteiger partial charge is 0.118 e. The third kappa shape index (κ3) is 1.24. The molecule has 1 N–H and O–H groups in total. The van der Waals surface area contributed by atoms with E-state index in [2.05, 4.69) is 0 Å². The van der Waals surface area contributed by atoms with Crippen LogP contribution in [0.2, 0.25) is 5.02 Å². The molecule has 1 aromatic carbocycles. The average molecular weight is 157 g/mol. The van der Waals surface area contributed by atoms with Gasteiger partial charge in [-0.05, 0) is 37.1 Å². The average Bonchev–Trinajstić information content (AvgIpc) is 1.84. The van der Waals surface area contributed by atoms with Crippen LogP contribution in [0, 0.1) is 13.8 Å². The topological polar surface area (TPSA) is 20.2 Å². The van der Waals surface area contributed by atoms with Gasteiger partial charge in [0, 0.05) is 5.02 Å². The van der Waals surface area contributed by atoms with Crippen LogP contribution in [0.3, 0.4) is 0 Å². The molecule has 2 heteroatoms. The maximum Gasteiger partial charge on any atom is 0.118 e. The first-order valence-electron chi connectivity index (χ1n) is 3.07. The summed E-state index contributed by atoms with van der Waals surface area (Å²) in [6.45, 7) is 3.68. The van der Waals surface area contributed by atoms with E-state index in [-0.39, 0.29) is 0 Å². The van der Waals surface area contributed by atoms with Crippen LogP contribution in [0.4, 0.5) is 0 Å². The minimum Gasteiger partial charge on any atom is -0.508 e. The Morgan fingerprint density at radius 1 is 1.20 bits per heavy atom. The third-order valence-corrected chi connectivity index (χ3v) is 1.88. The minimum absolute atomic E-state index is 0.307. The number of phenols is 1. The highest BCUT2D eigenvalue weighted by molar-refractivity contribution is 6.31. The van der Waals surface area contributed by atoms with E-state index in [0.29, 0.717) is 10.8 Å². The number of hydrogen-bond donors (Lipinski definition) is 1. The Hall–Kier alpha value is -0.690. The second kappa shape index (κ2) is 2.51. The molecule has 1 nitrogen and oxygen atoms in total. The van der Waals surface area contributed by atoms with Crippen molar-refractivity contribution in [1.82, 2.24) is 0 Å². The summed E-state index contributed by atoms with van der Waals surface area (Å²) in [4.78, 5) is 0. The molecule has 0 spiro atoms. The highest BCUT2D eigenvalue weighted by Gasteiger charge is 1.99. The molecule has 0 aliphatic heterocycles. The molecule has 0 amide bonds. The summed E-state index contributed by atoms with van der Waals surface area (Å²) in [7, 11) is 0. The summed E-state index contributed by atoms with van der Waals surface area (Å²) in [5, 5.41) is 9.87. The molecule has 54 valence electrons. The summed E-state index contributed by atoms with van der Waals surface area (Å²) < 4.78 is 0. The Morgan fingerprint density at radius 3 is 2.30 bits per heavy atom. The number of aryl methyl sites for hydroxylation is 2. The fourth-order valence-corrected chi connectivity index (χ4v) is 0.984. The fraction of sp³-hybridized carbons (Fsp3) is 0.250. The summed E-state index contributed by atoms with van der Waals surface area (Å²) in [5.74, 6) is 0.307. The van der Waals surface area contributed by atoms with E-state index in [9.17, 15) is 0 Å². The van der Waals surface area contributed by atoms with E-state index < -0.39 is 0 Å². The van der Waals surface area contributed by atoms with Crippen molar-refractivity contribution in [2.45, 2.75) is 13.8 Å². The van der Waals surface area contributed by atoms with E-state index in [1.807, 2.05) is 13.8 Å². The lowest BCUT2D eigenvalue weighted by Gasteiger charge is -2.01. The molecule has 0 bridgehead atoms. The SMILES string of the molecule is Cc1cc(Cl)c(C)cc1O. The standard InChI is InChI=1S/C8H9ClO/c1-5-4-8(10)6(2)3-7(5)9/h3-4,10H,1-2H3. The molecule has 0 radical (unpaired) electrons. The highest BCUT2D eigenvalue weighted by Crippen LogP contribution is 2.24. The lowest BCUT2D eigenvalue weighted by Crippen LogP contribution is -1.78. The Kier molecular flexibility index (Phi) is 1.86. The van der Waals surface area contributed by atoms with Crippen molar-refractivity contribution in [3.8, 4) is 5.75 Å². The van der Waals surface area contributed by atoms with Crippen molar-refractivity contribution in [3.05, 3.63) is 28.3 Å². The number of benzene rings is 1. The lowest BCUT2D eigenvalue weighted by atomic mass is 10.1. The van der Waals surface area contributed by atoms with Crippen molar-refractivity contribution >= 4 is 11.6 Å². The Labute approximate surface area is 65.3 Å². The van der Waals surface area contributed by atoms with Crippen LogP contribution in [0.5, 0.6) is 5.75 Å². The van der Waals surface area contributed by atoms with Gasteiger partial charge in [-0.1, -0.05) is 11.6 Å². The van der Waals surface area contributed by atoms with Crippen molar-refractivity contribution in [1.29, 1.82) is 0 Å². The predicted molar refractivity (Wildman–Crippen MR) is 42.6 cm³/mol. The Morgan fingerprint density at radius 2 is 1.80 bits per heavy atom. The van der Waals surface area contributed by atoms with Crippen LogP contribution in [-0.2, 0) is 0 Å². The predicted octanol–water partition coefficient (Wildman–Crippen LogP) is 2.66. The van der Waals surface area contributed by atoms with Gasteiger partial charge in [-0.15, -0.1) is 0 Å². The van der Waals surface area contributed by atoms with E-state index in [1.165, 1.54) is 0 Å². The molecule has 10 heavy (non-hydrogen) atoms. The molecule has 1 aromatic rings. The minimum atomic E-state index is 0.307. The van der Waals surface area contributed by atoms with Gasteiger partial charge in [-0.2, -0.15) is 0 Å². The molecule has 0 aliphatic rings. The lowest BCUT2D eigenvalue weighted by molar-refractivity contribution is 0.470. The normalized spacial score (nSPS) is 9.90. The monoisotopic (exact) mass is 156 g/mol. The molecule has 0 aliphatic carbocycles. The van der Waals surface area contributed by atoms with Crippen LogP contribution in [0.1, 0.15) is 11.1 Å². The molecule has 0 aromatic heterocycles. The number of halogens is 1. The van der Waals surface area contributed by atoms with E-state index in [4.69, 9.17) is 16.7 Å². The van der Waals surface area contributed by atoms with Crippen molar-refractivity contribution in [2.75, 3.05) is 0 Å². The first-order valence-corrected chi connectivity index (χ1v) is 3.45. The summed E-state index contributed by atoms with van der Waals surface area (Å²) >= 11 is 5.77. The Bertz CT molecular complexity index is 205. The van der Waals surface area contributed by atoms with Crippen LogP contribution in [0.15, 0.2) is 12.1 Å². The summed E-state index contributed by atoms with van der Waals surface area (Å²) in [6.07, 6.45) is 0. The van der Waals surface area contributed by atoms with Gasteiger partial charge in [0.05, 0.1) is 0 Å². The van der Waals surface area contributed by atoms with E-state index in [0.717, 1.165) is 11.1 Å². The highest BCUT2D eigenvalue weighted by atomic mass is 35.5. The molecule has 1 rings (SSSR count). The summed E-state index contributed by atoms with van der Waals surface area (Å²) in [6, 6.07) is 3.42. The maximum atomic E-state index is 9.17. The van der Waals surface area contributed by atoms with E-state index >= 15 is 0 Å². The first-order chi connectivity index (χ1) is 4.61. The van der Waals surface area contributed by atoms with Gasteiger partial charge in [-0.25, -0.2) is 0 Å². The molecule has 0 saturated carbocycles. The summed E-state index contributed by atoms with van der Waals surface area (Å²) in [5.41, 5.74) is 1.72. The molecule has 0 saturated heterocycles. The molecular weight excluding hydrogens is 148 g/mol. The number of phenolic OH excluding ortho intramolecular Hbond substituents is 1. The molecule has 0 heterocycles. The molecule has 0 fully saturated rings. The van der Waals surface area contributed by atoms with Gasteiger partial charge >= 0.3 is 0 Å². The maximum absolute atomic E-state index is 9.17. The van der Waals surface area contributed by atoms with E-state index in [1.54, 1.807) is 12.1 Å². The van der Waals surface area contributed by atoms with Crippen LogP contribution in [-0.4, -0.2) is 5.11 Å².